The molecule has 0 unspecified atom stereocenters. The number of fused-ring (bicyclic) bond motifs is 1. The number of nitrogens with zero attached hydrogens (tertiary/aromatic N) is 2. The number of carbonyl (C=O) groups excluding carboxylic acids is 1. The molecule has 0 aliphatic heterocycles. The second-order valence-corrected chi connectivity index (χ2v) is 11.8. The monoisotopic (exact) mass is 577 g/mol. The number of anilines is 1. The molecule has 0 saturated heterocycles. The van der Waals surface area contributed by atoms with Gasteiger partial charge < -0.3 is 14.2 Å². The second kappa shape index (κ2) is 14.5. The molecule has 0 fully saturated rings. The van der Waals surface area contributed by atoms with Crippen LogP contribution in [0.5, 0.6) is 17.2 Å². The number of thiazole rings is 1. The Labute approximate surface area is 235 Å². The Morgan fingerprint density at radius 1 is 0.897 bits per heavy atom. The molecular formula is C28H39N3O6S2. The first-order valence-corrected chi connectivity index (χ1v) is 15.8. The van der Waals surface area contributed by atoms with Crippen LogP contribution >= 0.6 is 11.3 Å². The van der Waals surface area contributed by atoms with Gasteiger partial charge in [-0.3, -0.25) is 10.1 Å². The molecule has 3 aromatic rings. The van der Waals surface area contributed by atoms with Gasteiger partial charge in [0.05, 0.1) is 34.9 Å². The number of carbonyl (C=O) groups is 1. The lowest BCUT2D eigenvalue weighted by molar-refractivity contribution is 0.102. The van der Waals surface area contributed by atoms with E-state index in [2.05, 4.69) is 10.3 Å². The zero-order chi connectivity index (χ0) is 28.4. The van der Waals surface area contributed by atoms with Crippen LogP contribution in [0, 0.1) is 0 Å². The van der Waals surface area contributed by atoms with Gasteiger partial charge >= 0.3 is 0 Å². The smallest absolute Gasteiger partial charge is 0.257 e. The number of rotatable bonds is 16. The summed E-state index contributed by atoms with van der Waals surface area (Å²) in [5.41, 5.74) is 0.940. The minimum Gasteiger partial charge on any atom is -0.490 e. The van der Waals surface area contributed by atoms with E-state index in [1.807, 2.05) is 34.6 Å². The molecule has 39 heavy (non-hydrogen) atoms. The summed E-state index contributed by atoms with van der Waals surface area (Å²) >= 11 is 1.22. The molecule has 1 N–H and O–H groups in total. The summed E-state index contributed by atoms with van der Waals surface area (Å²) in [6.45, 7) is 11.9. The van der Waals surface area contributed by atoms with Gasteiger partial charge in [0.25, 0.3) is 5.91 Å². The van der Waals surface area contributed by atoms with Crippen LogP contribution in [0.2, 0.25) is 0 Å². The van der Waals surface area contributed by atoms with Gasteiger partial charge in [0, 0.05) is 18.7 Å². The Morgan fingerprint density at radius 3 is 2.03 bits per heavy atom. The number of benzene rings is 2. The van der Waals surface area contributed by atoms with Crippen LogP contribution in [0.25, 0.3) is 10.2 Å². The lowest BCUT2D eigenvalue weighted by Gasteiger charge is -2.21. The Kier molecular flexibility index (Phi) is 11.4. The Morgan fingerprint density at radius 2 is 1.49 bits per heavy atom. The minimum atomic E-state index is -3.64. The summed E-state index contributed by atoms with van der Waals surface area (Å²) in [6.07, 6.45) is 3.45. The molecule has 0 saturated carbocycles. The van der Waals surface area contributed by atoms with Crippen molar-refractivity contribution in [3.63, 3.8) is 0 Å². The van der Waals surface area contributed by atoms with Crippen LogP contribution in [0.4, 0.5) is 5.13 Å². The summed E-state index contributed by atoms with van der Waals surface area (Å²) < 4.78 is 46.2. The minimum absolute atomic E-state index is 0.234. The topological polar surface area (TPSA) is 107 Å². The van der Waals surface area contributed by atoms with E-state index < -0.39 is 15.9 Å². The zero-order valence-electron chi connectivity index (χ0n) is 23.4. The molecule has 0 aliphatic carbocycles. The van der Waals surface area contributed by atoms with E-state index in [1.165, 1.54) is 11.3 Å². The molecule has 9 nitrogen and oxygen atoms in total. The van der Waals surface area contributed by atoms with Crippen molar-refractivity contribution in [2.45, 2.75) is 65.2 Å². The van der Waals surface area contributed by atoms with Crippen molar-refractivity contribution in [3.8, 4) is 17.2 Å². The van der Waals surface area contributed by atoms with Gasteiger partial charge in [0.15, 0.2) is 16.6 Å². The fourth-order valence-electron chi connectivity index (χ4n) is 3.98. The first kappa shape index (κ1) is 30.6. The number of hydrogen-bond acceptors (Lipinski definition) is 8. The van der Waals surface area contributed by atoms with Crippen molar-refractivity contribution >= 4 is 42.6 Å². The van der Waals surface area contributed by atoms with E-state index >= 15 is 0 Å². The number of nitrogens with one attached hydrogen (secondary N) is 1. The maximum Gasteiger partial charge on any atom is 0.257 e. The second-order valence-electron chi connectivity index (χ2n) is 8.81. The van der Waals surface area contributed by atoms with Crippen LogP contribution in [0.3, 0.4) is 0 Å². The zero-order valence-corrected chi connectivity index (χ0v) is 25.0. The van der Waals surface area contributed by atoms with Crippen molar-refractivity contribution < 1.29 is 27.4 Å². The fourth-order valence-corrected chi connectivity index (χ4v) is 6.50. The molecule has 1 amide bonds. The van der Waals surface area contributed by atoms with Crippen molar-refractivity contribution in [2.24, 2.45) is 0 Å². The van der Waals surface area contributed by atoms with Crippen LogP contribution < -0.4 is 19.5 Å². The Bertz CT molecular complexity index is 1320. The highest BCUT2D eigenvalue weighted by atomic mass is 32.2. The van der Waals surface area contributed by atoms with E-state index in [-0.39, 0.29) is 4.90 Å². The van der Waals surface area contributed by atoms with Crippen LogP contribution in [0.1, 0.15) is 70.7 Å². The number of sulfonamides is 1. The van der Waals surface area contributed by atoms with Crippen LogP contribution in [-0.2, 0) is 10.0 Å². The van der Waals surface area contributed by atoms with Crippen molar-refractivity contribution in [2.75, 3.05) is 38.2 Å². The van der Waals surface area contributed by atoms with E-state index in [9.17, 15) is 13.2 Å². The number of amides is 1. The van der Waals surface area contributed by atoms with Gasteiger partial charge in [0.1, 0.15) is 0 Å². The predicted octanol–water partition coefficient (Wildman–Crippen LogP) is 6.34. The number of unbranched alkanes of at least 4 members (excludes halogenated alkanes) is 2. The number of hydrogen-bond donors (Lipinski definition) is 1. The van der Waals surface area contributed by atoms with Crippen LogP contribution in [0.15, 0.2) is 35.2 Å². The molecule has 214 valence electrons. The van der Waals surface area contributed by atoms with E-state index in [0.29, 0.717) is 71.1 Å². The maximum absolute atomic E-state index is 13.4. The first-order chi connectivity index (χ1) is 18.8. The third-order valence-corrected chi connectivity index (χ3v) is 8.74. The van der Waals surface area contributed by atoms with E-state index in [1.54, 1.807) is 34.6 Å². The van der Waals surface area contributed by atoms with E-state index in [4.69, 9.17) is 14.2 Å². The highest BCUT2D eigenvalue weighted by molar-refractivity contribution is 7.89. The molecule has 3 rings (SSSR count). The summed E-state index contributed by atoms with van der Waals surface area (Å²) in [5.74, 6) is 0.908. The number of aromatic nitrogens is 1. The standard InChI is InChI=1S/C28H39N3O6S2/c1-6-11-15-31(16-12-7-2)39(33,34)21-13-14-22-25(19-21)38-28(29-22)30-27(32)20-17-23(35-8-3)26(37-10-5)24(18-20)36-9-4/h13-14,17-19H,6-12,15-16H2,1-5H3,(H,29,30,32). The molecule has 2 aromatic carbocycles. The summed E-state index contributed by atoms with van der Waals surface area (Å²) in [7, 11) is -3.64. The normalized spacial score (nSPS) is 11.6. The molecule has 0 spiro atoms. The van der Waals surface area contributed by atoms with Crippen molar-refractivity contribution in [1.82, 2.24) is 9.29 Å². The quantitative estimate of drug-likeness (QED) is 0.212. The molecule has 11 heteroatoms. The average molecular weight is 578 g/mol. The predicted molar refractivity (Wildman–Crippen MR) is 156 cm³/mol. The SMILES string of the molecule is CCCCN(CCCC)S(=O)(=O)c1ccc2nc(NC(=O)c3cc(OCC)c(OCC)c(OCC)c3)sc2c1. The highest BCUT2D eigenvalue weighted by Gasteiger charge is 2.25. The molecule has 0 atom stereocenters. The summed E-state index contributed by atoms with van der Waals surface area (Å²) in [6, 6.07) is 8.14. The summed E-state index contributed by atoms with van der Waals surface area (Å²) in [5, 5.41) is 3.20. The lowest BCUT2D eigenvalue weighted by Crippen LogP contribution is -2.33. The van der Waals surface area contributed by atoms with Crippen molar-refractivity contribution in [1.29, 1.82) is 0 Å². The molecule has 1 heterocycles. The number of ether oxygens (including phenoxy) is 3. The summed E-state index contributed by atoms with van der Waals surface area (Å²) in [4.78, 5) is 17.9. The Hall–Kier alpha value is -2.89. The average Bonchev–Trinajstić information content (AvgIpc) is 3.32. The van der Waals surface area contributed by atoms with Gasteiger partial charge in [-0.05, 0) is 63.9 Å². The fraction of sp³-hybridized carbons (Fsp3) is 0.500. The molecule has 0 bridgehead atoms. The molecule has 0 aliphatic rings. The molecule has 1 aromatic heterocycles. The van der Waals surface area contributed by atoms with Gasteiger partial charge in [-0.1, -0.05) is 38.0 Å². The molecule has 0 radical (unpaired) electrons. The lowest BCUT2D eigenvalue weighted by atomic mass is 10.1. The van der Waals surface area contributed by atoms with Gasteiger partial charge in [-0.2, -0.15) is 4.31 Å². The van der Waals surface area contributed by atoms with Crippen molar-refractivity contribution in [3.05, 3.63) is 35.9 Å². The van der Waals surface area contributed by atoms with E-state index in [0.717, 1.165) is 25.7 Å². The maximum atomic E-state index is 13.4. The third-order valence-electron chi connectivity index (χ3n) is 5.91. The first-order valence-electron chi connectivity index (χ1n) is 13.6. The van der Waals surface area contributed by atoms with Gasteiger partial charge in [-0.25, -0.2) is 13.4 Å². The van der Waals surface area contributed by atoms with Gasteiger partial charge in [-0.15, -0.1) is 0 Å². The van der Waals surface area contributed by atoms with Gasteiger partial charge in [0.2, 0.25) is 15.8 Å². The largest absolute Gasteiger partial charge is 0.490 e. The highest BCUT2D eigenvalue weighted by Crippen LogP contribution is 2.39. The molecular weight excluding hydrogens is 538 g/mol. The third kappa shape index (κ3) is 7.61. The van der Waals surface area contributed by atoms with Crippen LogP contribution in [-0.4, -0.2) is 56.5 Å². The Balaban J connectivity index is 1.89.